The first-order valence-corrected chi connectivity index (χ1v) is 29.7. The zero-order valence-corrected chi connectivity index (χ0v) is 62.6. The second-order valence-corrected chi connectivity index (χ2v) is 22.5. The molecule has 0 aromatic heterocycles. The Bertz CT molecular complexity index is 4360. The van der Waals surface area contributed by atoms with E-state index in [4.69, 9.17) is 0 Å². The van der Waals surface area contributed by atoms with Crippen LogP contribution < -0.4 is 0 Å². The smallest absolute Gasteiger partial charge is 0.463 e. The van der Waals surface area contributed by atoms with E-state index in [0.717, 1.165) is 42.6 Å². The van der Waals surface area contributed by atoms with E-state index in [1.807, 2.05) is 4.74 Å². The lowest BCUT2D eigenvalue weighted by atomic mass is 10.4. The highest BCUT2D eigenvalue weighted by molar-refractivity contribution is 5.76. The standard InChI is InChI=1S/C42H6F76O29/c1-121-3(119)5(43,44)123-7(47,48)8(49,50)125-9(51,52)10(53,54)126-11(55,56)12(57,58)127-13(59,60)14(61,62)128-15(63,64)16(65,66)129-17(67,68)18(69,70)130-19(71,72)20(73,74)131-21(75,76)22(77,78)132-23(79,80)24(81,82)133-25(83,84)26(85,86)134-27(87,88)28(89,90)135-29(91,92)30(93,94)136-32(97,98)138-34(101,102)140-36(105,106)142-38(109,110)144-40(113,114)146-42(117,118)147-41(115,116)145-39(111,112)143-37(107,108)141-35(103,104)139-33(99,100)137-31(95,96)124-6(45,46)4(120)122-2/h1-2H3. The third-order valence-electron chi connectivity index (χ3n) is 11.1. The van der Waals surface area contributed by atoms with Crippen molar-refractivity contribution in [2.45, 2.75) is 234 Å². The molecule has 0 bridgehead atoms. The van der Waals surface area contributed by atoms with E-state index in [0.29, 0.717) is 18.9 Å². The third-order valence-corrected chi connectivity index (χ3v) is 11.1. The third kappa shape index (κ3) is 36.4. The van der Waals surface area contributed by atoms with Crippen molar-refractivity contribution in [3.05, 3.63) is 0 Å². The topological polar surface area (TPSA) is 283 Å². The molecule has 0 aliphatic heterocycles. The fraction of sp³-hybridized carbons (Fsp3) is 0.952. The van der Waals surface area contributed by atoms with Crippen LogP contribution in [0.5, 0.6) is 0 Å². The number of hydrogen-bond donors (Lipinski definition) is 0. The number of hydrogen-bond acceptors (Lipinski definition) is 29. The quantitative estimate of drug-likeness (QED) is 0.0311. The molecule has 0 N–H and O–H groups in total. The molecule has 0 aromatic rings. The molecule has 105 heteroatoms. The van der Waals surface area contributed by atoms with Crippen molar-refractivity contribution >= 4 is 11.9 Å². The molecule has 0 amide bonds. The Kier molecular flexibility index (Phi) is 38.8. The fourth-order valence-electron chi connectivity index (χ4n) is 5.75. The fourth-order valence-corrected chi connectivity index (χ4v) is 5.75. The summed E-state index contributed by atoms with van der Waals surface area (Å²) in [5.41, 5.74) is 0. The van der Waals surface area contributed by atoms with Gasteiger partial charge in [0.05, 0.1) is 14.2 Å². The van der Waals surface area contributed by atoms with Crippen molar-refractivity contribution in [1.29, 1.82) is 0 Å². The Labute approximate surface area is 733 Å². The van der Waals surface area contributed by atoms with Crippen molar-refractivity contribution in [1.82, 2.24) is 0 Å². The van der Waals surface area contributed by atoms with E-state index < -0.39 is 246 Å². The minimum atomic E-state index is -9.19. The van der Waals surface area contributed by atoms with Crippen molar-refractivity contribution in [3.8, 4) is 0 Å². The van der Waals surface area contributed by atoms with Gasteiger partial charge in [-0.1, -0.05) is 0 Å². The maximum Gasteiger partial charge on any atom is 0.498 e. The van der Waals surface area contributed by atoms with Gasteiger partial charge in [0.2, 0.25) is 0 Å². The second-order valence-electron chi connectivity index (χ2n) is 22.5. The molecule has 0 aliphatic carbocycles. The molecule has 0 fully saturated rings. The van der Waals surface area contributed by atoms with Crippen LogP contribution >= 0.6 is 0 Å². The molecule has 0 heterocycles. The lowest BCUT2D eigenvalue weighted by Crippen LogP contribution is -2.63. The predicted molar refractivity (Wildman–Crippen MR) is 239 cm³/mol. The highest BCUT2D eigenvalue weighted by atomic mass is 19.4. The largest absolute Gasteiger partial charge is 0.498 e. The molecular formula is C42H6F76O29. The summed E-state index contributed by atoms with van der Waals surface area (Å²) in [4.78, 5) is 21.2. The maximum atomic E-state index is 14.0. The first-order valence-electron chi connectivity index (χ1n) is 29.7. The average molecular weight is 2420 g/mol. The zero-order valence-electron chi connectivity index (χ0n) is 62.6. The molecule has 0 saturated heterocycles. The molecule has 0 unspecified atom stereocenters. The summed E-state index contributed by atoms with van der Waals surface area (Å²) in [6, 6.07) is 0. The van der Waals surface area contributed by atoms with Gasteiger partial charge in [0.1, 0.15) is 0 Å². The second kappa shape index (κ2) is 40.8. The number of alkyl halides is 76. The lowest BCUT2D eigenvalue weighted by molar-refractivity contribution is -0.655. The molecule has 0 rings (SSSR count). The molecule has 29 nitrogen and oxygen atoms in total. The summed E-state index contributed by atoms with van der Waals surface area (Å²) in [7, 11) is -0.427. The number of halogens is 76. The Morgan fingerprint density at radius 1 is 0.102 bits per heavy atom. The van der Waals surface area contributed by atoms with Crippen molar-refractivity contribution in [3.63, 3.8) is 0 Å². The number of carbonyl (C=O) groups excluding carboxylic acids is 2. The van der Waals surface area contributed by atoms with E-state index in [1.54, 1.807) is 14.2 Å². The van der Waals surface area contributed by atoms with Crippen LogP contribution in [-0.4, -0.2) is 261 Å². The minimum Gasteiger partial charge on any atom is -0.463 e. The van der Waals surface area contributed by atoms with Gasteiger partial charge < -0.3 is 9.47 Å². The molecule has 0 radical (unpaired) electrons. The number of carbonyl (C=O) groups is 2. The summed E-state index contributed by atoms with van der Waals surface area (Å²) < 4.78 is 1080. The van der Waals surface area contributed by atoms with E-state index in [1.165, 1.54) is 37.9 Å². The molecule has 147 heavy (non-hydrogen) atoms. The van der Waals surface area contributed by atoms with Crippen LogP contribution in [0.3, 0.4) is 0 Å². The van der Waals surface area contributed by atoms with Crippen LogP contribution in [0.15, 0.2) is 0 Å². The zero-order chi connectivity index (χ0) is 119. The Morgan fingerprint density at radius 2 is 0.170 bits per heavy atom. The SMILES string of the molecule is COC(=O)C(F)(F)OC(F)(F)OC(F)(F)OC(F)(F)OC(F)(F)OC(F)(F)OC(F)(F)OC(F)(F)OC(F)(F)OC(F)(F)OC(F)(F)OC(F)(F)OC(F)(F)OC(F)(F)C(F)(F)OC(F)(F)C(F)(F)OC(F)(F)C(F)(F)OC(F)(F)C(F)(F)OC(F)(F)C(F)(F)OC(F)(F)C(F)(F)OC(F)(F)C(F)(F)OC(F)(F)C(F)(F)OC(F)(F)C(F)(F)OC(F)(F)C(F)(F)OC(F)(F)C(F)(F)OC(F)(F)C(F)(F)OC(F)(F)C(=O)OC. The number of rotatable bonds is 64. The highest BCUT2D eigenvalue weighted by Gasteiger charge is 2.87. The van der Waals surface area contributed by atoms with Gasteiger partial charge in [0.25, 0.3) is 0 Å². The number of ether oxygens (including phenoxy) is 27. The normalized spacial score (nSPS) is 16.4. The Morgan fingerprint density at radius 3 is 0.265 bits per heavy atom. The van der Waals surface area contributed by atoms with Crippen molar-refractivity contribution < 1.29 is 471 Å². The van der Waals surface area contributed by atoms with Crippen LogP contribution in [-0.2, 0) is 137 Å². The summed E-state index contributed by atoms with van der Waals surface area (Å²) in [5, 5.41) is 0. The summed E-state index contributed by atoms with van der Waals surface area (Å²) in [5.74, 6) is -6.93. The Hall–Kier alpha value is -7.38. The van der Waals surface area contributed by atoms with Crippen LogP contribution in [0.2, 0.25) is 0 Å². The van der Waals surface area contributed by atoms with Crippen LogP contribution in [0.25, 0.3) is 0 Å². The predicted octanol–water partition coefficient (Wildman–Crippen LogP) is 21.8. The van der Waals surface area contributed by atoms with Gasteiger partial charge in [-0.3, -0.25) is 0 Å². The van der Waals surface area contributed by atoms with E-state index >= 15 is 0 Å². The first-order chi connectivity index (χ1) is 62.6. The van der Waals surface area contributed by atoms with Crippen molar-refractivity contribution in [2.24, 2.45) is 0 Å². The summed E-state index contributed by atoms with van der Waals surface area (Å²) in [6.45, 7) is 0. The van der Waals surface area contributed by atoms with E-state index in [9.17, 15) is 343 Å². The molecule has 0 atom stereocenters. The minimum absolute atomic E-state index is 0.121. The lowest BCUT2D eigenvalue weighted by Gasteiger charge is -2.38. The molecular weight excluding hydrogens is 2410 g/mol. The van der Waals surface area contributed by atoms with Crippen LogP contribution in [0, 0.1) is 0 Å². The summed E-state index contributed by atoms with van der Waals surface area (Å²) in [6.07, 6.45) is -320. The van der Waals surface area contributed by atoms with Gasteiger partial charge in [-0.05, 0) is 0 Å². The number of esters is 2. The molecule has 0 aliphatic rings. The van der Waals surface area contributed by atoms with Crippen LogP contribution in [0.4, 0.5) is 334 Å². The van der Waals surface area contributed by atoms with Gasteiger partial charge in [0.15, 0.2) is 0 Å². The molecule has 0 spiro atoms. The van der Waals surface area contributed by atoms with E-state index in [2.05, 4.69) is 9.47 Å². The monoisotopic (exact) mass is 2420 g/mol. The van der Waals surface area contributed by atoms with Gasteiger partial charge >= 0.3 is 246 Å². The number of methoxy groups -OCH3 is 2. The Balaban J connectivity index is 6.64. The van der Waals surface area contributed by atoms with Crippen molar-refractivity contribution in [2.75, 3.05) is 14.2 Å². The van der Waals surface area contributed by atoms with E-state index in [-0.39, 0.29) is 14.2 Å². The van der Waals surface area contributed by atoms with Gasteiger partial charge in [-0.2, -0.15) is 228 Å². The van der Waals surface area contributed by atoms with Gasteiger partial charge in [0, 0.05) is 0 Å². The highest BCUT2D eigenvalue weighted by Crippen LogP contribution is 2.61. The van der Waals surface area contributed by atoms with Gasteiger partial charge in [-0.25, -0.2) is 128 Å². The summed E-state index contributed by atoms with van der Waals surface area (Å²) >= 11 is 0. The molecule has 0 saturated carbocycles. The van der Waals surface area contributed by atoms with Gasteiger partial charge in [-0.15, -0.1) is 105 Å². The molecule has 880 valence electrons. The molecule has 0 aromatic carbocycles. The first kappa shape index (κ1) is 140. The average Bonchev–Trinajstić information content (AvgIpc) is 0.749. The van der Waals surface area contributed by atoms with Crippen LogP contribution in [0.1, 0.15) is 0 Å². The maximum absolute atomic E-state index is 14.0.